The van der Waals surface area contributed by atoms with Crippen LogP contribution in [0, 0.1) is 11.8 Å². The van der Waals surface area contributed by atoms with Gasteiger partial charge in [0.25, 0.3) is 0 Å². The first-order valence-electron chi connectivity index (χ1n) is 8.28. The summed E-state index contributed by atoms with van der Waals surface area (Å²) in [5, 5.41) is 0.283. The third kappa shape index (κ3) is 6.33. The number of Topliss-reactive ketones (excluding diaryl/α,β-unsaturated/α-hetero) is 2. The molecule has 27 heavy (non-hydrogen) atoms. The van der Waals surface area contributed by atoms with Crippen molar-refractivity contribution in [3.63, 3.8) is 0 Å². The number of benzene rings is 1. The quantitative estimate of drug-likeness (QED) is 0.380. The van der Waals surface area contributed by atoms with Crippen LogP contribution in [0.1, 0.15) is 45.0 Å². The molecule has 0 radical (unpaired) electrons. The first kappa shape index (κ1) is 23.1. The number of ether oxygens (including phenoxy) is 2. The summed E-state index contributed by atoms with van der Waals surface area (Å²) in [5.74, 6) is -6.86. The smallest absolute Gasteiger partial charge is 0.318 e. The van der Waals surface area contributed by atoms with Gasteiger partial charge in [-0.1, -0.05) is 23.2 Å². The molecule has 0 aromatic heterocycles. The van der Waals surface area contributed by atoms with Gasteiger partial charge in [-0.15, -0.1) is 0 Å². The Kier molecular flexibility index (Phi) is 7.99. The minimum absolute atomic E-state index is 0.00720. The van der Waals surface area contributed by atoms with Crippen molar-refractivity contribution in [1.82, 2.24) is 0 Å². The molecule has 8 heteroatoms. The van der Waals surface area contributed by atoms with E-state index >= 15 is 0 Å². The van der Waals surface area contributed by atoms with Gasteiger partial charge in [-0.05, 0) is 52.8 Å². The molecule has 1 aromatic carbocycles. The molecular formula is C19H22Cl2O6. The lowest BCUT2D eigenvalue weighted by atomic mass is 9.83. The molecule has 0 bridgehead atoms. The van der Waals surface area contributed by atoms with Crippen molar-refractivity contribution >= 4 is 46.7 Å². The molecule has 0 aliphatic carbocycles. The largest absolute Gasteiger partial charge is 0.465 e. The lowest BCUT2D eigenvalue weighted by Crippen LogP contribution is -2.43. The molecule has 0 heterocycles. The fraction of sp³-hybridized carbons (Fsp3) is 0.474. The second kappa shape index (κ2) is 9.33. The van der Waals surface area contributed by atoms with Crippen LogP contribution in [0.2, 0.25) is 10.0 Å². The molecule has 0 N–H and O–H groups in total. The molecule has 1 aromatic rings. The van der Waals surface area contributed by atoms with Crippen LogP contribution in [0.5, 0.6) is 0 Å². The Labute approximate surface area is 168 Å². The summed E-state index contributed by atoms with van der Waals surface area (Å²) in [5.41, 5.74) is -0.984. The Morgan fingerprint density at radius 2 is 1.63 bits per heavy atom. The molecule has 2 unspecified atom stereocenters. The van der Waals surface area contributed by atoms with Crippen LogP contribution in [0.25, 0.3) is 0 Å². The molecule has 2 atom stereocenters. The average Bonchev–Trinajstić information content (AvgIpc) is 2.49. The molecule has 0 aliphatic rings. The number of ketones is 2. The van der Waals surface area contributed by atoms with E-state index in [1.807, 2.05) is 0 Å². The van der Waals surface area contributed by atoms with Gasteiger partial charge in [0.05, 0.1) is 11.6 Å². The minimum atomic E-state index is -1.72. The monoisotopic (exact) mass is 416 g/mol. The van der Waals surface area contributed by atoms with Crippen LogP contribution in [0.15, 0.2) is 18.2 Å². The lowest BCUT2D eigenvalue weighted by Gasteiger charge is -2.26. The van der Waals surface area contributed by atoms with E-state index in [0.717, 1.165) is 6.92 Å². The molecule has 148 valence electrons. The summed E-state index contributed by atoms with van der Waals surface area (Å²) in [6.45, 7) is 7.46. The van der Waals surface area contributed by atoms with Gasteiger partial charge in [0.2, 0.25) is 0 Å². The van der Waals surface area contributed by atoms with E-state index in [1.165, 1.54) is 18.2 Å². The SMILES string of the molecule is CCOC(=O)C(C(C)=O)C(C(=O)OC(C)(C)C)C(=O)c1ccc(Cl)cc1Cl. The van der Waals surface area contributed by atoms with E-state index in [4.69, 9.17) is 32.7 Å². The highest BCUT2D eigenvalue weighted by Crippen LogP contribution is 2.29. The first-order valence-corrected chi connectivity index (χ1v) is 9.03. The summed E-state index contributed by atoms with van der Waals surface area (Å²) in [7, 11) is 0. The zero-order valence-corrected chi connectivity index (χ0v) is 17.3. The molecule has 0 amide bonds. The first-order chi connectivity index (χ1) is 12.4. The van der Waals surface area contributed by atoms with Gasteiger partial charge in [0.15, 0.2) is 5.78 Å². The Balaban J connectivity index is 3.47. The molecule has 0 saturated carbocycles. The van der Waals surface area contributed by atoms with E-state index in [0.29, 0.717) is 5.02 Å². The Morgan fingerprint density at radius 1 is 1.04 bits per heavy atom. The standard InChI is InChI=1S/C19H22Cl2O6/c1-6-26-17(24)14(10(2)22)15(18(25)27-19(3,4)5)16(23)12-8-7-11(20)9-13(12)21/h7-9,14-15H,6H2,1-5H3. The number of esters is 2. The molecule has 1 rings (SSSR count). The van der Waals surface area contributed by atoms with Crippen molar-refractivity contribution in [2.24, 2.45) is 11.8 Å². The molecule has 6 nitrogen and oxygen atoms in total. The van der Waals surface area contributed by atoms with Crippen LogP contribution in [0.4, 0.5) is 0 Å². The Bertz CT molecular complexity index is 751. The number of carbonyl (C=O) groups excluding carboxylic acids is 4. The minimum Gasteiger partial charge on any atom is -0.465 e. The van der Waals surface area contributed by atoms with Crippen molar-refractivity contribution in [3.05, 3.63) is 33.8 Å². The Hall–Kier alpha value is -1.92. The van der Waals surface area contributed by atoms with Gasteiger partial charge >= 0.3 is 11.9 Å². The zero-order valence-electron chi connectivity index (χ0n) is 15.8. The van der Waals surface area contributed by atoms with Gasteiger partial charge in [0, 0.05) is 10.6 Å². The average molecular weight is 417 g/mol. The second-order valence-electron chi connectivity index (χ2n) is 6.84. The molecular weight excluding hydrogens is 395 g/mol. The van der Waals surface area contributed by atoms with E-state index < -0.39 is 40.9 Å². The van der Waals surface area contributed by atoms with E-state index in [2.05, 4.69) is 0 Å². The summed E-state index contributed by atoms with van der Waals surface area (Å²) >= 11 is 11.9. The fourth-order valence-corrected chi connectivity index (χ4v) is 2.89. The van der Waals surface area contributed by atoms with Gasteiger partial charge in [0.1, 0.15) is 23.2 Å². The molecule has 0 saturated heterocycles. The van der Waals surface area contributed by atoms with Gasteiger partial charge < -0.3 is 9.47 Å². The van der Waals surface area contributed by atoms with Crippen molar-refractivity contribution in [1.29, 1.82) is 0 Å². The molecule has 0 aliphatic heterocycles. The summed E-state index contributed by atoms with van der Waals surface area (Å²) in [6, 6.07) is 4.07. The highest BCUT2D eigenvalue weighted by molar-refractivity contribution is 6.37. The fourth-order valence-electron chi connectivity index (χ4n) is 2.39. The third-order valence-electron chi connectivity index (χ3n) is 3.45. The molecule has 0 fully saturated rings. The summed E-state index contributed by atoms with van der Waals surface area (Å²) in [6.07, 6.45) is 0. The highest BCUT2D eigenvalue weighted by atomic mass is 35.5. The topological polar surface area (TPSA) is 86.7 Å². The van der Waals surface area contributed by atoms with Crippen molar-refractivity contribution in [2.45, 2.75) is 40.2 Å². The number of rotatable bonds is 7. The number of carbonyl (C=O) groups is 4. The number of halogens is 2. The normalized spacial score (nSPS) is 13.4. The zero-order chi connectivity index (χ0) is 20.9. The van der Waals surface area contributed by atoms with Crippen LogP contribution in [-0.2, 0) is 23.9 Å². The van der Waals surface area contributed by atoms with E-state index in [-0.39, 0.29) is 17.2 Å². The van der Waals surface area contributed by atoms with Gasteiger partial charge in [-0.2, -0.15) is 0 Å². The van der Waals surface area contributed by atoms with Crippen LogP contribution in [0.3, 0.4) is 0 Å². The summed E-state index contributed by atoms with van der Waals surface area (Å²) < 4.78 is 10.2. The number of hydrogen-bond donors (Lipinski definition) is 0. The van der Waals surface area contributed by atoms with Crippen LogP contribution in [-0.4, -0.2) is 35.7 Å². The second-order valence-corrected chi connectivity index (χ2v) is 7.68. The number of hydrogen-bond acceptors (Lipinski definition) is 6. The lowest BCUT2D eigenvalue weighted by molar-refractivity contribution is -0.167. The molecule has 0 spiro atoms. The van der Waals surface area contributed by atoms with Crippen molar-refractivity contribution in [3.8, 4) is 0 Å². The third-order valence-corrected chi connectivity index (χ3v) is 4.00. The summed E-state index contributed by atoms with van der Waals surface area (Å²) in [4.78, 5) is 50.3. The van der Waals surface area contributed by atoms with Gasteiger partial charge in [-0.3, -0.25) is 19.2 Å². The van der Waals surface area contributed by atoms with Crippen LogP contribution < -0.4 is 0 Å². The maximum atomic E-state index is 13.1. The van der Waals surface area contributed by atoms with Gasteiger partial charge in [-0.25, -0.2) is 0 Å². The van der Waals surface area contributed by atoms with E-state index in [1.54, 1.807) is 27.7 Å². The van der Waals surface area contributed by atoms with Crippen LogP contribution >= 0.6 is 23.2 Å². The predicted octanol–water partition coefficient (Wildman–Crippen LogP) is 3.90. The van der Waals surface area contributed by atoms with Crippen molar-refractivity contribution in [2.75, 3.05) is 6.61 Å². The Morgan fingerprint density at radius 3 is 2.07 bits per heavy atom. The maximum absolute atomic E-state index is 13.1. The maximum Gasteiger partial charge on any atom is 0.318 e. The highest BCUT2D eigenvalue weighted by Gasteiger charge is 2.46. The predicted molar refractivity (Wildman–Crippen MR) is 101 cm³/mol. The van der Waals surface area contributed by atoms with E-state index in [9.17, 15) is 19.2 Å². The van der Waals surface area contributed by atoms with Crippen molar-refractivity contribution < 1.29 is 28.7 Å².